The number of aromatic hydroxyl groups is 1. The van der Waals surface area contributed by atoms with Crippen molar-refractivity contribution in [2.24, 2.45) is 11.5 Å². The summed E-state index contributed by atoms with van der Waals surface area (Å²) in [5.41, 5.74) is 10.8. The van der Waals surface area contributed by atoms with Crippen molar-refractivity contribution in [3.8, 4) is 5.75 Å². The number of rotatable bonds is 13. The number of phenolic OH excluding ortho intramolecular Hbond substituents is 1. The molecule has 0 aliphatic rings. The van der Waals surface area contributed by atoms with Crippen molar-refractivity contribution < 1.29 is 33.9 Å². The quantitative estimate of drug-likeness (QED) is 0.159. The summed E-state index contributed by atoms with van der Waals surface area (Å²) in [5, 5.41) is 18.7. The first-order valence-electron chi connectivity index (χ1n) is 9.94. The van der Waals surface area contributed by atoms with Gasteiger partial charge in [-0.1, -0.05) is 12.1 Å². The Balaban J connectivity index is 2.52. The molecule has 0 fully saturated rings. The number of carbonyl (C=O) groups is 6. The van der Waals surface area contributed by atoms with Crippen LogP contribution in [0.15, 0.2) is 24.3 Å². The highest BCUT2D eigenvalue weighted by atomic mass is 16.3. The molecule has 1 aromatic carbocycles. The third-order valence-corrected chi connectivity index (χ3v) is 4.30. The number of benzene rings is 1. The molecule has 2 atom stereocenters. The first-order chi connectivity index (χ1) is 15.5. The zero-order valence-corrected chi connectivity index (χ0v) is 18.1. The van der Waals surface area contributed by atoms with Crippen molar-refractivity contribution in [3.63, 3.8) is 0 Å². The van der Waals surface area contributed by atoms with Gasteiger partial charge in [-0.15, -0.1) is 0 Å². The minimum Gasteiger partial charge on any atom is -0.508 e. The highest BCUT2D eigenvalue weighted by Gasteiger charge is 2.21. The van der Waals surface area contributed by atoms with E-state index in [1.165, 1.54) is 19.1 Å². The summed E-state index contributed by atoms with van der Waals surface area (Å²) in [5.74, 6) is -3.98. The first-order valence-corrected chi connectivity index (χ1v) is 9.94. The minimum absolute atomic E-state index is 0.0509. The Labute approximate surface area is 189 Å². The zero-order valence-electron chi connectivity index (χ0n) is 18.1. The lowest BCUT2D eigenvalue weighted by molar-refractivity contribution is -0.130. The minimum atomic E-state index is -1.13. The van der Waals surface area contributed by atoms with Crippen molar-refractivity contribution in [2.45, 2.75) is 38.3 Å². The van der Waals surface area contributed by atoms with Crippen LogP contribution in [0.4, 0.5) is 0 Å². The van der Waals surface area contributed by atoms with Gasteiger partial charge in [-0.3, -0.25) is 28.8 Å². The number of hydrogen-bond donors (Lipinski definition) is 7. The molecule has 0 aliphatic carbocycles. The smallest absolute Gasteiger partial charge is 0.243 e. The van der Waals surface area contributed by atoms with E-state index in [-0.39, 0.29) is 25.0 Å². The summed E-state index contributed by atoms with van der Waals surface area (Å²) < 4.78 is 0. The largest absolute Gasteiger partial charge is 0.508 e. The average Bonchev–Trinajstić information content (AvgIpc) is 2.73. The predicted octanol–water partition coefficient (Wildman–Crippen LogP) is -3.09. The summed E-state index contributed by atoms with van der Waals surface area (Å²) in [4.78, 5) is 69.8. The van der Waals surface area contributed by atoms with Gasteiger partial charge < -0.3 is 37.8 Å². The predicted molar refractivity (Wildman–Crippen MR) is 115 cm³/mol. The molecule has 1 rings (SSSR count). The second-order valence-electron chi connectivity index (χ2n) is 7.15. The van der Waals surface area contributed by atoms with Crippen LogP contribution in [-0.2, 0) is 35.2 Å². The Kier molecular flexibility index (Phi) is 10.8. The van der Waals surface area contributed by atoms with E-state index in [4.69, 9.17) is 11.5 Å². The number of amides is 6. The van der Waals surface area contributed by atoms with Crippen LogP contribution in [0.1, 0.15) is 25.3 Å². The highest BCUT2D eigenvalue weighted by Crippen LogP contribution is 2.11. The van der Waals surface area contributed by atoms with Crippen LogP contribution in [0.25, 0.3) is 0 Å². The molecule has 180 valence electrons. The Morgan fingerprint density at radius 2 is 1.48 bits per heavy atom. The van der Waals surface area contributed by atoms with E-state index in [9.17, 15) is 33.9 Å². The maximum Gasteiger partial charge on any atom is 0.243 e. The lowest BCUT2D eigenvalue weighted by atomic mass is 10.0. The second kappa shape index (κ2) is 13.3. The topological polar surface area (TPSA) is 223 Å². The summed E-state index contributed by atoms with van der Waals surface area (Å²) in [7, 11) is 0. The molecule has 1 aromatic rings. The second-order valence-corrected chi connectivity index (χ2v) is 7.15. The Morgan fingerprint density at radius 1 is 0.879 bits per heavy atom. The van der Waals surface area contributed by atoms with Gasteiger partial charge in [0.05, 0.1) is 13.1 Å². The fourth-order valence-corrected chi connectivity index (χ4v) is 2.67. The molecule has 0 aromatic heterocycles. The summed E-state index contributed by atoms with van der Waals surface area (Å²) in [6.45, 7) is 0.265. The number of nitrogens with two attached hydrogens (primary N) is 2. The number of carbonyl (C=O) groups excluding carboxylic acids is 6. The monoisotopic (exact) mass is 464 g/mol. The van der Waals surface area contributed by atoms with Gasteiger partial charge >= 0.3 is 0 Å². The van der Waals surface area contributed by atoms with E-state index in [0.717, 1.165) is 0 Å². The highest BCUT2D eigenvalue weighted by molar-refractivity contribution is 5.92. The molecule has 0 aliphatic heterocycles. The molecule has 0 saturated heterocycles. The third kappa shape index (κ3) is 11.1. The van der Waals surface area contributed by atoms with Gasteiger partial charge in [0, 0.05) is 19.8 Å². The van der Waals surface area contributed by atoms with E-state index >= 15 is 0 Å². The average molecular weight is 464 g/mol. The molecular weight excluding hydrogens is 436 g/mol. The van der Waals surface area contributed by atoms with Crippen LogP contribution in [-0.4, -0.2) is 65.7 Å². The van der Waals surface area contributed by atoms with Gasteiger partial charge in [0.25, 0.3) is 0 Å². The van der Waals surface area contributed by atoms with Gasteiger partial charge in [-0.25, -0.2) is 0 Å². The summed E-state index contributed by atoms with van der Waals surface area (Å²) >= 11 is 0. The molecule has 0 bridgehead atoms. The van der Waals surface area contributed by atoms with Crippen molar-refractivity contribution in [1.82, 2.24) is 21.3 Å². The first kappa shape index (κ1) is 26.9. The number of nitrogens with one attached hydrogen (secondary N) is 4. The van der Waals surface area contributed by atoms with Crippen molar-refractivity contribution >= 4 is 35.4 Å². The van der Waals surface area contributed by atoms with Crippen molar-refractivity contribution in [2.75, 3.05) is 13.1 Å². The van der Waals surface area contributed by atoms with Crippen LogP contribution in [0.3, 0.4) is 0 Å². The SMILES string of the molecule is CC(=O)N[C@@H](Cc1ccc(O)cc1)C(=O)NCC(=O)NCC(=O)N[C@@H](CCC(N)=O)C(N)=O. The molecule has 0 radical (unpaired) electrons. The summed E-state index contributed by atoms with van der Waals surface area (Å²) in [6.07, 6.45) is -0.118. The molecule has 0 saturated carbocycles. The van der Waals surface area contributed by atoms with Gasteiger partial charge in [0.1, 0.15) is 17.8 Å². The number of hydrogen-bond acceptors (Lipinski definition) is 7. The van der Waals surface area contributed by atoms with Crippen LogP contribution in [0, 0.1) is 0 Å². The van der Waals surface area contributed by atoms with Crippen molar-refractivity contribution in [3.05, 3.63) is 29.8 Å². The number of primary amides is 2. The maximum atomic E-state index is 12.4. The third-order valence-electron chi connectivity index (χ3n) is 4.30. The van der Waals surface area contributed by atoms with Gasteiger partial charge in [0.15, 0.2) is 0 Å². The fourth-order valence-electron chi connectivity index (χ4n) is 2.67. The van der Waals surface area contributed by atoms with E-state index in [1.54, 1.807) is 12.1 Å². The van der Waals surface area contributed by atoms with E-state index in [1.807, 2.05) is 0 Å². The molecule has 0 spiro atoms. The van der Waals surface area contributed by atoms with Crippen LogP contribution >= 0.6 is 0 Å². The lowest BCUT2D eigenvalue weighted by Crippen LogP contribution is -2.51. The molecular formula is C20H28N6O7. The maximum absolute atomic E-state index is 12.4. The zero-order chi connectivity index (χ0) is 25.0. The van der Waals surface area contributed by atoms with E-state index < -0.39 is 60.6 Å². The molecule has 0 heterocycles. The van der Waals surface area contributed by atoms with E-state index in [0.29, 0.717) is 5.56 Å². The standard InChI is InChI=1S/C20H28N6O7/c1-11(27)25-15(8-12-2-4-13(28)5-3-12)20(33)24-9-17(30)23-10-18(31)26-14(19(22)32)6-7-16(21)29/h2-5,14-15,28H,6-10H2,1H3,(H2,21,29)(H2,22,32)(H,23,30)(H,24,33)(H,25,27)(H,26,31)/t14-,15-/m0/s1. The Bertz CT molecular complexity index is 887. The van der Waals surface area contributed by atoms with Crippen LogP contribution in [0.2, 0.25) is 0 Å². The normalized spacial score (nSPS) is 12.0. The van der Waals surface area contributed by atoms with Gasteiger partial charge in [-0.05, 0) is 24.1 Å². The fraction of sp³-hybridized carbons (Fsp3) is 0.400. The molecule has 13 nitrogen and oxygen atoms in total. The Morgan fingerprint density at radius 3 is 2.03 bits per heavy atom. The number of phenols is 1. The van der Waals surface area contributed by atoms with Crippen LogP contribution in [0.5, 0.6) is 5.75 Å². The van der Waals surface area contributed by atoms with E-state index in [2.05, 4.69) is 21.3 Å². The van der Waals surface area contributed by atoms with Gasteiger partial charge in [-0.2, -0.15) is 0 Å². The molecule has 9 N–H and O–H groups in total. The summed E-state index contributed by atoms with van der Waals surface area (Å²) in [6, 6.07) is 3.96. The van der Waals surface area contributed by atoms with Crippen molar-refractivity contribution in [1.29, 1.82) is 0 Å². The van der Waals surface area contributed by atoms with Gasteiger partial charge in [0.2, 0.25) is 35.4 Å². The molecule has 0 unspecified atom stereocenters. The molecule has 33 heavy (non-hydrogen) atoms. The lowest BCUT2D eigenvalue weighted by Gasteiger charge is -2.18. The Hall–Kier alpha value is -4.16. The van der Waals surface area contributed by atoms with Crippen LogP contribution < -0.4 is 32.7 Å². The molecule has 6 amide bonds. The molecule has 13 heteroatoms.